The number of hydrogen-bond donors (Lipinski definition) is 2. The van der Waals surface area contributed by atoms with Gasteiger partial charge >= 0.3 is 5.97 Å². The van der Waals surface area contributed by atoms with Gasteiger partial charge < -0.3 is 20.3 Å². The number of esters is 1. The number of benzene rings is 3. The summed E-state index contributed by atoms with van der Waals surface area (Å²) in [5, 5.41) is 6.41. The van der Waals surface area contributed by atoms with Crippen LogP contribution in [0.3, 0.4) is 0 Å². The second kappa shape index (κ2) is 10.0. The Bertz CT molecular complexity index is 1270. The normalized spacial score (nSPS) is 16.7. The third-order valence-electron chi connectivity index (χ3n) is 6.18. The summed E-state index contributed by atoms with van der Waals surface area (Å²) in [5.74, 6) is -0.502. The molecule has 0 fully saturated rings. The van der Waals surface area contributed by atoms with E-state index in [0.717, 1.165) is 40.2 Å². The lowest BCUT2D eigenvalue weighted by Gasteiger charge is -2.39. The number of hydrogen-bond acceptors (Lipinski definition) is 5. The molecule has 1 aliphatic rings. The highest BCUT2D eigenvalue weighted by atomic mass is 16.5. The summed E-state index contributed by atoms with van der Waals surface area (Å²) in [4.78, 5) is 37.6. The van der Waals surface area contributed by atoms with Gasteiger partial charge in [-0.15, -0.1) is 0 Å². The van der Waals surface area contributed by atoms with E-state index in [1.54, 1.807) is 19.1 Å². The summed E-state index contributed by atoms with van der Waals surface area (Å²) in [6.45, 7) is 5.12. The first-order valence-corrected chi connectivity index (χ1v) is 11.5. The Morgan fingerprint density at radius 2 is 1.63 bits per heavy atom. The van der Waals surface area contributed by atoms with Crippen molar-refractivity contribution in [3.63, 3.8) is 0 Å². The van der Waals surface area contributed by atoms with Crippen molar-refractivity contribution in [1.82, 2.24) is 0 Å². The zero-order valence-electron chi connectivity index (χ0n) is 20.3. The van der Waals surface area contributed by atoms with Crippen LogP contribution in [0.15, 0.2) is 66.7 Å². The molecule has 4 rings (SSSR count). The minimum atomic E-state index is -0.378. The molecule has 2 N–H and O–H groups in total. The lowest BCUT2D eigenvalue weighted by Crippen LogP contribution is -2.43. The Labute approximate surface area is 205 Å². The second-order valence-corrected chi connectivity index (χ2v) is 8.78. The molecule has 0 radical (unpaired) electrons. The van der Waals surface area contributed by atoms with E-state index in [0.29, 0.717) is 5.56 Å². The van der Waals surface area contributed by atoms with E-state index in [1.165, 1.54) is 14.0 Å². The van der Waals surface area contributed by atoms with E-state index >= 15 is 0 Å². The monoisotopic (exact) mass is 471 g/mol. The van der Waals surface area contributed by atoms with Crippen LogP contribution in [0.2, 0.25) is 0 Å². The largest absolute Gasteiger partial charge is 0.465 e. The van der Waals surface area contributed by atoms with Gasteiger partial charge in [0.05, 0.1) is 18.7 Å². The SMILES string of the molecule is COC(=O)c1ccc(N[C@H]2C[C@@H](C)N(C(C)=O)c3ccc(-c4cccc(NC(C)=O)c4)cc32)cc1. The van der Waals surface area contributed by atoms with Crippen molar-refractivity contribution in [3.05, 3.63) is 77.9 Å². The van der Waals surface area contributed by atoms with Gasteiger partial charge in [-0.1, -0.05) is 18.2 Å². The van der Waals surface area contributed by atoms with E-state index in [1.807, 2.05) is 60.4 Å². The molecule has 1 heterocycles. The first kappa shape index (κ1) is 24.0. The standard InChI is InChI=1S/C28H29N3O4/c1-17-14-26(30-23-11-8-20(9-12-23)28(34)35-4)25-16-22(10-13-27(25)31(17)19(3)33)21-6-5-7-24(15-21)29-18(2)32/h5-13,15-17,26,30H,14H2,1-4H3,(H,29,32)/t17-,26+/m1/s1. The number of carbonyl (C=O) groups excluding carboxylic acids is 3. The van der Waals surface area contributed by atoms with Crippen LogP contribution in [-0.4, -0.2) is 30.9 Å². The number of ether oxygens (including phenoxy) is 1. The summed E-state index contributed by atoms with van der Waals surface area (Å²) in [6.07, 6.45) is 0.723. The lowest BCUT2D eigenvalue weighted by molar-refractivity contribution is -0.117. The number of fused-ring (bicyclic) bond motifs is 1. The van der Waals surface area contributed by atoms with Gasteiger partial charge in [-0.3, -0.25) is 9.59 Å². The van der Waals surface area contributed by atoms with Crippen LogP contribution in [-0.2, 0) is 14.3 Å². The van der Waals surface area contributed by atoms with E-state index in [2.05, 4.69) is 16.7 Å². The van der Waals surface area contributed by atoms with E-state index in [4.69, 9.17) is 4.74 Å². The Hall–Kier alpha value is -4.13. The summed E-state index contributed by atoms with van der Waals surface area (Å²) in [5.41, 5.74) is 5.93. The van der Waals surface area contributed by atoms with Gasteiger partial charge in [-0.2, -0.15) is 0 Å². The van der Waals surface area contributed by atoms with Crippen LogP contribution in [0, 0.1) is 0 Å². The second-order valence-electron chi connectivity index (χ2n) is 8.78. The Morgan fingerprint density at radius 3 is 2.29 bits per heavy atom. The van der Waals surface area contributed by atoms with Crippen molar-refractivity contribution in [1.29, 1.82) is 0 Å². The Kier molecular flexibility index (Phi) is 6.87. The first-order chi connectivity index (χ1) is 16.8. The van der Waals surface area contributed by atoms with Gasteiger partial charge in [0.1, 0.15) is 0 Å². The topological polar surface area (TPSA) is 87.7 Å². The quantitative estimate of drug-likeness (QED) is 0.487. The molecular formula is C28H29N3O4. The third kappa shape index (κ3) is 5.19. The summed E-state index contributed by atoms with van der Waals surface area (Å²) in [7, 11) is 1.36. The molecule has 2 atom stereocenters. The zero-order valence-corrected chi connectivity index (χ0v) is 20.3. The van der Waals surface area contributed by atoms with Crippen molar-refractivity contribution in [2.45, 2.75) is 39.3 Å². The van der Waals surface area contributed by atoms with Gasteiger partial charge in [0.25, 0.3) is 0 Å². The van der Waals surface area contributed by atoms with Crippen LogP contribution in [0.4, 0.5) is 17.1 Å². The Balaban J connectivity index is 1.71. The number of amides is 2. The molecule has 7 heteroatoms. The minimum absolute atomic E-state index is 0.0000338. The molecule has 0 aliphatic carbocycles. The molecule has 0 saturated heterocycles. The summed E-state index contributed by atoms with van der Waals surface area (Å²) >= 11 is 0. The van der Waals surface area contributed by atoms with Crippen LogP contribution in [0.25, 0.3) is 11.1 Å². The fourth-order valence-electron chi connectivity index (χ4n) is 4.66. The maximum absolute atomic E-state index is 12.5. The molecule has 3 aromatic rings. The molecule has 3 aromatic carbocycles. The minimum Gasteiger partial charge on any atom is -0.465 e. The van der Waals surface area contributed by atoms with Crippen molar-refractivity contribution in [3.8, 4) is 11.1 Å². The third-order valence-corrected chi connectivity index (χ3v) is 6.18. The highest BCUT2D eigenvalue weighted by molar-refractivity contribution is 5.95. The fraction of sp³-hybridized carbons (Fsp3) is 0.250. The van der Waals surface area contributed by atoms with Crippen LogP contribution in [0.1, 0.15) is 49.2 Å². The molecule has 0 unspecified atom stereocenters. The van der Waals surface area contributed by atoms with Crippen LogP contribution < -0.4 is 15.5 Å². The molecular weight excluding hydrogens is 442 g/mol. The van der Waals surface area contributed by atoms with Gasteiger partial charge in [0.2, 0.25) is 11.8 Å². The molecule has 180 valence electrons. The molecule has 0 aromatic heterocycles. The van der Waals surface area contributed by atoms with Crippen LogP contribution >= 0.6 is 0 Å². The number of methoxy groups -OCH3 is 1. The first-order valence-electron chi connectivity index (χ1n) is 11.5. The van der Waals surface area contributed by atoms with E-state index < -0.39 is 0 Å². The highest BCUT2D eigenvalue weighted by Crippen LogP contribution is 2.41. The average Bonchev–Trinajstić information content (AvgIpc) is 2.83. The predicted octanol–water partition coefficient (Wildman–Crippen LogP) is 5.40. The molecule has 0 spiro atoms. The van der Waals surface area contributed by atoms with E-state index in [-0.39, 0.29) is 29.9 Å². The number of anilines is 3. The number of nitrogens with one attached hydrogen (secondary N) is 2. The average molecular weight is 472 g/mol. The maximum atomic E-state index is 12.5. The molecule has 0 bridgehead atoms. The van der Waals surface area contributed by atoms with Crippen molar-refractivity contribution >= 4 is 34.8 Å². The van der Waals surface area contributed by atoms with Gasteiger partial charge in [0, 0.05) is 37.0 Å². The lowest BCUT2D eigenvalue weighted by atomic mass is 9.88. The number of carbonyl (C=O) groups is 3. The highest BCUT2D eigenvalue weighted by Gasteiger charge is 2.32. The molecule has 0 saturated carbocycles. The summed E-state index contributed by atoms with van der Waals surface area (Å²) < 4.78 is 4.79. The van der Waals surface area contributed by atoms with Gasteiger partial charge in [0.15, 0.2) is 0 Å². The molecule has 35 heavy (non-hydrogen) atoms. The molecule has 2 amide bonds. The number of nitrogens with zero attached hydrogens (tertiary/aromatic N) is 1. The predicted molar refractivity (Wildman–Crippen MR) is 138 cm³/mol. The smallest absolute Gasteiger partial charge is 0.337 e. The van der Waals surface area contributed by atoms with Crippen LogP contribution in [0.5, 0.6) is 0 Å². The molecule has 1 aliphatic heterocycles. The fourth-order valence-corrected chi connectivity index (χ4v) is 4.66. The van der Waals surface area contributed by atoms with Crippen molar-refractivity contribution in [2.75, 3.05) is 22.6 Å². The van der Waals surface area contributed by atoms with E-state index in [9.17, 15) is 14.4 Å². The van der Waals surface area contributed by atoms with Crippen molar-refractivity contribution in [2.24, 2.45) is 0 Å². The van der Waals surface area contributed by atoms with Gasteiger partial charge in [-0.25, -0.2) is 4.79 Å². The summed E-state index contributed by atoms with van der Waals surface area (Å²) in [6, 6.07) is 20.9. The zero-order chi connectivity index (χ0) is 25.1. The Morgan fingerprint density at radius 1 is 0.914 bits per heavy atom. The number of rotatable bonds is 5. The van der Waals surface area contributed by atoms with Crippen molar-refractivity contribution < 1.29 is 19.1 Å². The maximum Gasteiger partial charge on any atom is 0.337 e. The molecule has 7 nitrogen and oxygen atoms in total. The van der Waals surface area contributed by atoms with Gasteiger partial charge in [-0.05, 0) is 78.6 Å².